The fourth-order valence-corrected chi connectivity index (χ4v) is 2.67. The van der Waals surface area contributed by atoms with Gasteiger partial charge in [0.15, 0.2) is 5.69 Å². The zero-order chi connectivity index (χ0) is 17.8. The molecule has 1 saturated carbocycles. The zero-order valence-corrected chi connectivity index (χ0v) is 14.9. The van der Waals surface area contributed by atoms with E-state index in [1.807, 2.05) is 24.3 Å². The maximum Gasteiger partial charge on any atom is 0.274 e. The SMILES string of the molecule is C#CCNC(=O)CNC(=O)c1nnn(-c2ccc(Br)cc2)c1C1CC1. The van der Waals surface area contributed by atoms with Crippen LogP contribution < -0.4 is 10.6 Å². The van der Waals surface area contributed by atoms with Gasteiger partial charge in [-0.25, -0.2) is 4.68 Å². The van der Waals surface area contributed by atoms with Gasteiger partial charge in [-0.15, -0.1) is 11.5 Å². The van der Waals surface area contributed by atoms with Crippen LogP contribution in [0.5, 0.6) is 0 Å². The fourth-order valence-electron chi connectivity index (χ4n) is 2.40. The summed E-state index contributed by atoms with van der Waals surface area (Å²) < 4.78 is 2.65. The lowest BCUT2D eigenvalue weighted by Gasteiger charge is -2.08. The van der Waals surface area contributed by atoms with Crippen LogP contribution in [0, 0.1) is 12.3 Å². The minimum absolute atomic E-state index is 0.127. The zero-order valence-electron chi connectivity index (χ0n) is 13.3. The Morgan fingerprint density at radius 2 is 2.00 bits per heavy atom. The molecule has 2 amide bonds. The van der Waals surface area contributed by atoms with Crippen LogP contribution in [-0.4, -0.2) is 39.9 Å². The smallest absolute Gasteiger partial charge is 0.274 e. The molecule has 0 radical (unpaired) electrons. The Morgan fingerprint density at radius 3 is 2.64 bits per heavy atom. The van der Waals surface area contributed by atoms with Gasteiger partial charge in [0.05, 0.1) is 24.5 Å². The number of aromatic nitrogens is 3. The van der Waals surface area contributed by atoms with Crippen LogP contribution in [0.1, 0.15) is 34.9 Å². The van der Waals surface area contributed by atoms with Gasteiger partial charge in [-0.05, 0) is 37.1 Å². The molecule has 0 saturated heterocycles. The first-order valence-electron chi connectivity index (χ1n) is 7.80. The van der Waals surface area contributed by atoms with Gasteiger partial charge in [-0.1, -0.05) is 27.1 Å². The summed E-state index contributed by atoms with van der Waals surface area (Å²) in [5.74, 6) is 1.80. The molecular weight excluding hydrogens is 386 g/mol. The summed E-state index contributed by atoms with van der Waals surface area (Å²) in [4.78, 5) is 24.0. The van der Waals surface area contributed by atoms with Crippen LogP contribution in [0.4, 0.5) is 0 Å². The maximum absolute atomic E-state index is 12.4. The van der Waals surface area contributed by atoms with Gasteiger partial charge in [0.2, 0.25) is 5.91 Å². The third-order valence-corrected chi connectivity index (χ3v) is 4.28. The molecule has 2 N–H and O–H groups in total. The first-order valence-corrected chi connectivity index (χ1v) is 8.59. The van der Waals surface area contributed by atoms with Crippen molar-refractivity contribution in [1.29, 1.82) is 0 Å². The van der Waals surface area contributed by atoms with Crippen molar-refractivity contribution in [3.8, 4) is 18.0 Å². The summed E-state index contributed by atoms with van der Waals surface area (Å²) in [6.45, 7) is -0.0302. The largest absolute Gasteiger partial charge is 0.344 e. The van der Waals surface area contributed by atoms with Crippen molar-refractivity contribution >= 4 is 27.7 Å². The molecule has 0 spiro atoms. The Kier molecular flexibility index (Phi) is 5.14. The van der Waals surface area contributed by atoms with E-state index in [4.69, 9.17) is 6.42 Å². The number of nitrogens with one attached hydrogen (secondary N) is 2. The number of halogens is 1. The summed E-state index contributed by atoms with van der Waals surface area (Å²) >= 11 is 3.40. The summed E-state index contributed by atoms with van der Waals surface area (Å²) in [7, 11) is 0. The average Bonchev–Trinajstić information content (AvgIpc) is 3.36. The van der Waals surface area contributed by atoms with Gasteiger partial charge in [0.1, 0.15) is 0 Å². The van der Waals surface area contributed by atoms with Crippen LogP contribution in [0.2, 0.25) is 0 Å². The topological polar surface area (TPSA) is 88.9 Å². The van der Waals surface area contributed by atoms with Crippen molar-refractivity contribution in [1.82, 2.24) is 25.6 Å². The minimum Gasteiger partial charge on any atom is -0.344 e. The van der Waals surface area contributed by atoms with E-state index in [1.165, 1.54) is 0 Å². The van der Waals surface area contributed by atoms with Crippen molar-refractivity contribution in [2.24, 2.45) is 0 Å². The van der Waals surface area contributed by atoms with Crippen molar-refractivity contribution in [2.75, 3.05) is 13.1 Å². The Balaban J connectivity index is 1.78. The molecule has 7 nitrogen and oxygen atoms in total. The highest BCUT2D eigenvalue weighted by atomic mass is 79.9. The van der Waals surface area contributed by atoms with Gasteiger partial charge < -0.3 is 10.6 Å². The number of terminal acetylenes is 1. The van der Waals surface area contributed by atoms with Gasteiger partial charge >= 0.3 is 0 Å². The number of benzene rings is 1. The molecule has 1 aromatic carbocycles. The standard InChI is InChI=1S/C17H16BrN5O2/c1-2-9-19-14(24)10-20-17(25)15-16(11-3-4-11)23(22-21-15)13-7-5-12(18)6-8-13/h1,5-8,11H,3-4,9-10H2,(H,19,24)(H,20,25). The average molecular weight is 402 g/mol. The minimum atomic E-state index is -0.416. The summed E-state index contributed by atoms with van der Waals surface area (Å²) in [6.07, 6.45) is 7.06. The Hall–Kier alpha value is -2.66. The molecule has 0 aliphatic heterocycles. The number of amides is 2. The first kappa shape index (κ1) is 17.2. The highest BCUT2D eigenvalue weighted by Gasteiger charge is 2.34. The van der Waals surface area contributed by atoms with E-state index in [0.29, 0.717) is 0 Å². The lowest BCUT2D eigenvalue weighted by Crippen LogP contribution is -2.37. The van der Waals surface area contributed by atoms with E-state index in [-0.39, 0.29) is 30.6 Å². The molecule has 2 aromatic rings. The van der Waals surface area contributed by atoms with Gasteiger partial charge in [-0.2, -0.15) is 0 Å². The molecule has 3 rings (SSSR count). The Bertz CT molecular complexity index is 834. The summed E-state index contributed by atoms with van der Waals surface area (Å²) in [6, 6.07) is 7.62. The molecule has 0 atom stereocenters. The number of hydrogen-bond acceptors (Lipinski definition) is 4. The van der Waals surface area contributed by atoms with Crippen molar-refractivity contribution in [3.05, 3.63) is 40.1 Å². The third kappa shape index (κ3) is 4.06. The van der Waals surface area contributed by atoms with Crippen molar-refractivity contribution in [3.63, 3.8) is 0 Å². The molecule has 1 aliphatic rings. The van der Waals surface area contributed by atoms with Gasteiger partial charge in [0, 0.05) is 10.4 Å². The van der Waals surface area contributed by atoms with Crippen LogP contribution in [0.15, 0.2) is 28.7 Å². The molecule has 0 unspecified atom stereocenters. The predicted octanol–water partition coefficient (Wildman–Crippen LogP) is 1.39. The van der Waals surface area contributed by atoms with E-state index in [2.05, 4.69) is 42.8 Å². The van der Waals surface area contributed by atoms with E-state index in [9.17, 15) is 9.59 Å². The van der Waals surface area contributed by atoms with Crippen LogP contribution in [-0.2, 0) is 4.79 Å². The van der Waals surface area contributed by atoms with Gasteiger partial charge in [-0.3, -0.25) is 9.59 Å². The predicted molar refractivity (Wildman–Crippen MR) is 95.2 cm³/mol. The molecule has 0 bridgehead atoms. The van der Waals surface area contributed by atoms with Crippen LogP contribution >= 0.6 is 15.9 Å². The molecule has 128 valence electrons. The van der Waals surface area contributed by atoms with E-state index in [0.717, 1.165) is 28.7 Å². The number of nitrogens with zero attached hydrogens (tertiary/aromatic N) is 3. The first-order chi connectivity index (χ1) is 12.1. The van der Waals surface area contributed by atoms with Gasteiger partial charge in [0.25, 0.3) is 5.91 Å². The van der Waals surface area contributed by atoms with Crippen LogP contribution in [0.3, 0.4) is 0 Å². The summed E-state index contributed by atoms with van der Waals surface area (Å²) in [5.41, 5.74) is 1.88. The third-order valence-electron chi connectivity index (χ3n) is 3.75. The Morgan fingerprint density at radius 1 is 1.28 bits per heavy atom. The lowest BCUT2D eigenvalue weighted by atomic mass is 10.2. The second kappa shape index (κ2) is 7.49. The van der Waals surface area contributed by atoms with E-state index >= 15 is 0 Å². The van der Waals surface area contributed by atoms with E-state index in [1.54, 1.807) is 4.68 Å². The second-order valence-corrected chi connectivity index (χ2v) is 6.56. The molecular formula is C17H16BrN5O2. The number of carbonyl (C=O) groups excluding carboxylic acids is 2. The van der Waals surface area contributed by atoms with Crippen molar-refractivity contribution < 1.29 is 9.59 Å². The molecule has 1 fully saturated rings. The fraction of sp³-hybridized carbons (Fsp3) is 0.294. The highest BCUT2D eigenvalue weighted by Crippen LogP contribution is 2.42. The quantitative estimate of drug-likeness (QED) is 0.715. The lowest BCUT2D eigenvalue weighted by molar-refractivity contribution is -0.119. The number of rotatable bonds is 6. The van der Waals surface area contributed by atoms with E-state index < -0.39 is 5.91 Å². The number of carbonyl (C=O) groups is 2. The molecule has 25 heavy (non-hydrogen) atoms. The van der Waals surface area contributed by atoms with Crippen LogP contribution in [0.25, 0.3) is 5.69 Å². The monoisotopic (exact) mass is 401 g/mol. The molecule has 1 heterocycles. The summed E-state index contributed by atoms with van der Waals surface area (Å²) in [5, 5.41) is 13.2. The Labute approximate surface area is 153 Å². The highest BCUT2D eigenvalue weighted by molar-refractivity contribution is 9.10. The maximum atomic E-state index is 12.4. The molecule has 1 aromatic heterocycles. The van der Waals surface area contributed by atoms with Crippen molar-refractivity contribution in [2.45, 2.75) is 18.8 Å². The number of hydrogen-bond donors (Lipinski definition) is 2. The second-order valence-electron chi connectivity index (χ2n) is 5.65. The molecule has 8 heteroatoms. The normalized spacial score (nSPS) is 13.1. The molecule has 1 aliphatic carbocycles.